The fourth-order valence-electron chi connectivity index (χ4n) is 4.75. The maximum Gasteiger partial charge on any atom is 0.408 e. The van der Waals surface area contributed by atoms with Crippen molar-refractivity contribution in [3.05, 3.63) is 92.9 Å². The van der Waals surface area contributed by atoms with Crippen LogP contribution in [0.3, 0.4) is 0 Å². The molecule has 3 heterocycles. The summed E-state index contributed by atoms with van der Waals surface area (Å²) >= 11 is 1.63. The molecule has 1 aromatic heterocycles. The first-order valence-electron chi connectivity index (χ1n) is 11.0. The van der Waals surface area contributed by atoms with Gasteiger partial charge in [0.05, 0.1) is 6.04 Å². The Bertz CT molecular complexity index is 1390. The van der Waals surface area contributed by atoms with E-state index in [9.17, 15) is 27.9 Å². The number of hydrogen-bond donors (Lipinski definition) is 1. The minimum absolute atomic E-state index is 0.397. The van der Waals surface area contributed by atoms with E-state index in [1.165, 1.54) is 10.9 Å². The summed E-state index contributed by atoms with van der Waals surface area (Å²) in [6.07, 6.45) is -3.36. The number of alkyl halides is 3. The van der Waals surface area contributed by atoms with E-state index in [1.54, 1.807) is 16.8 Å². The first kappa shape index (κ1) is 23.3. The Morgan fingerprint density at radius 2 is 1.83 bits per heavy atom. The first-order valence-corrected chi connectivity index (χ1v) is 12.0. The topological polar surface area (TPSA) is 65.8 Å². The van der Waals surface area contributed by atoms with Crippen LogP contribution >= 0.6 is 11.8 Å². The normalized spacial score (nSPS) is 18.4. The minimum Gasteiger partial charge on any atom is -0.502 e. The number of benzene rings is 2. The van der Waals surface area contributed by atoms with Crippen LogP contribution in [0.5, 0.6) is 5.75 Å². The molecule has 5 rings (SSSR count). The van der Waals surface area contributed by atoms with Crippen LogP contribution < -0.4 is 10.4 Å². The SMILES string of the molecule is Cc1cccc2c1[C@@H](N1CN([C@H](C)C(F)(F)F)C(=O)c3c(O)c(=O)ccn31)c1ccccc1SC2. The van der Waals surface area contributed by atoms with Crippen LogP contribution in [0.15, 0.2) is 64.4 Å². The molecule has 0 fully saturated rings. The lowest BCUT2D eigenvalue weighted by Crippen LogP contribution is -2.60. The summed E-state index contributed by atoms with van der Waals surface area (Å²) in [6, 6.07) is 11.9. The smallest absolute Gasteiger partial charge is 0.408 e. The molecule has 2 atom stereocenters. The molecule has 2 aliphatic rings. The molecular weight excluding hydrogens is 479 g/mol. The first-order chi connectivity index (χ1) is 16.6. The highest BCUT2D eigenvalue weighted by atomic mass is 32.2. The van der Waals surface area contributed by atoms with Gasteiger partial charge in [-0.05, 0) is 42.2 Å². The molecular formula is C25H22F3N3O3S. The van der Waals surface area contributed by atoms with Crippen molar-refractivity contribution in [2.75, 3.05) is 11.7 Å². The largest absolute Gasteiger partial charge is 0.502 e. The van der Waals surface area contributed by atoms with Crippen molar-refractivity contribution in [3.63, 3.8) is 0 Å². The van der Waals surface area contributed by atoms with Gasteiger partial charge in [-0.3, -0.25) is 19.3 Å². The number of rotatable bonds is 2. The third-order valence-electron chi connectivity index (χ3n) is 6.62. The number of aromatic nitrogens is 1. The molecule has 0 saturated heterocycles. The average molecular weight is 502 g/mol. The molecule has 35 heavy (non-hydrogen) atoms. The molecule has 1 amide bonds. The van der Waals surface area contributed by atoms with Crippen LogP contribution in [0.25, 0.3) is 0 Å². The van der Waals surface area contributed by atoms with E-state index in [-0.39, 0.29) is 0 Å². The van der Waals surface area contributed by atoms with Crippen LogP contribution in [0.1, 0.15) is 45.7 Å². The van der Waals surface area contributed by atoms with Gasteiger partial charge in [0, 0.05) is 22.9 Å². The number of amides is 1. The lowest BCUT2D eigenvalue weighted by Gasteiger charge is -2.46. The Balaban J connectivity index is 1.80. The summed E-state index contributed by atoms with van der Waals surface area (Å²) in [7, 11) is 0. The predicted molar refractivity (Wildman–Crippen MR) is 126 cm³/mol. The summed E-state index contributed by atoms with van der Waals surface area (Å²) < 4.78 is 42.7. The van der Waals surface area contributed by atoms with Gasteiger partial charge in [-0.1, -0.05) is 36.4 Å². The summed E-state index contributed by atoms with van der Waals surface area (Å²) in [5.74, 6) is -1.26. The fraction of sp³-hybridized carbons (Fsp3) is 0.280. The Hall–Kier alpha value is -3.40. The molecule has 2 aromatic carbocycles. The number of aryl methyl sites for hydroxylation is 1. The van der Waals surface area contributed by atoms with E-state index in [2.05, 4.69) is 0 Å². The van der Waals surface area contributed by atoms with Crippen LogP contribution in [0.2, 0.25) is 0 Å². The third kappa shape index (κ3) is 3.76. The number of aromatic hydroxyl groups is 1. The molecule has 0 saturated carbocycles. The Morgan fingerprint density at radius 3 is 2.57 bits per heavy atom. The van der Waals surface area contributed by atoms with Crippen molar-refractivity contribution in [1.29, 1.82) is 0 Å². The van der Waals surface area contributed by atoms with Crippen molar-refractivity contribution in [2.24, 2.45) is 0 Å². The maximum absolute atomic E-state index is 13.8. The second kappa shape index (κ2) is 8.37. The van der Waals surface area contributed by atoms with E-state index >= 15 is 0 Å². The monoisotopic (exact) mass is 501 g/mol. The number of carbonyl (C=O) groups excluding carboxylic acids is 1. The van der Waals surface area contributed by atoms with E-state index in [0.29, 0.717) is 10.7 Å². The standard InChI is InChI=1S/C25H22F3N3O3S/c1-14-6-5-7-16-12-35-19-9-4-3-8-17(19)21(20(14)16)31-13-29(15(2)25(26,27)28)24(34)22-23(33)18(32)10-11-30(22)31/h3-11,15,21,33H,12-13H2,1-2H3/t15-,21+/m1/s1. The lowest BCUT2D eigenvalue weighted by atomic mass is 9.90. The summed E-state index contributed by atoms with van der Waals surface area (Å²) in [5, 5.41) is 12.2. The van der Waals surface area contributed by atoms with Crippen molar-refractivity contribution in [3.8, 4) is 5.75 Å². The van der Waals surface area contributed by atoms with E-state index < -0.39 is 47.7 Å². The molecule has 0 bridgehead atoms. The quantitative estimate of drug-likeness (QED) is 0.558. The zero-order valence-electron chi connectivity index (χ0n) is 18.9. The molecule has 10 heteroatoms. The molecule has 182 valence electrons. The highest BCUT2D eigenvalue weighted by Crippen LogP contribution is 2.44. The molecule has 0 spiro atoms. The molecule has 0 unspecified atom stereocenters. The summed E-state index contributed by atoms with van der Waals surface area (Å²) in [5.41, 5.74) is 2.44. The number of hydrogen-bond acceptors (Lipinski definition) is 5. The van der Waals surface area contributed by atoms with Crippen LogP contribution in [0.4, 0.5) is 13.2 Å². The van der Waals surface area contributed by atoms with Crippen LogP contribution in [0, 0.1) is 6.92 Å². The number of carbonyl (C=O) groups is 1. The zero-order valence-corrected chi connectivity index (χ0v) is 19.7. The molecule has 6 nitrogen and oxygen atoms in total. The highest BCUT2D eigenvalue weighted by Gasteiger charge is 2.47. The van der Waals surface area contributed by atoms with Gasteiger partial charge in [-0.15, -0.1) is 11.8 Å². The van der Waals surface area contributed by atoms with Gasteiger partial charge < -0.3 is 10.0 Å². The van der Waals surface area contributed by atoms with Crippen molar-refractivity contribution in [1.82, 2.24) is 9.58 Å². The van der Waals surface area contributed by atoms with Gasteiger partial charge in [-0.2, -0.15) is 13.2 Å². The number of thioether (sulfide) groups is 1. The van der Waals surface area contributed by atoms with E-state index in [4.69, 9.17) is 0 Å². The lowest BCUT2D eigenvalue weighted by molar-refractivity contribution is -0.173. The predicted octanol–water partition coefficient (Wildman–Crippen LogP) is 4.56. The van der Waals surface area contributed by atoms with Gasteiger partial charge >= 0.3 is 6.18 Å². The number of pyridine rings is 1. The molecule has 2 aliphatic heterocycles. The number of fused-ring (bicyclic) bond motifs is 3. The molecule has 1 N–H and O–H groups in total. The second-order valence-electron chi connectivity index (χ2n) is 8.67. The van der Waals surface area contributed by atoms with Gasteiger partial charge in [0.2, 0.25) is 5.43 Å². The van der Waals surface area contributed by atoms with Gasteiger partial charge in [0.15, 0.2) is 11.4 Å². The van der Waals surface area contributed by atoms with Crippen LogP contribution in [-0.2, 0) is 5.75 Å². The van der Waals surface area contributed by atoms with E-state index in [0.717, 1.165) is 40.1 Å². The van der Waals surface area contributed by atoms with Gasteiger partial charge in [0.1, 0.15) is 12.7 Å². The molecule has 3 aromatic rings. The van der Waals surface area contributed by atoms with Gasteiger partial charge in [0.25, 0.3) is 5.91 Å². The van der Waals surface area contributed by atoms with E-state index in [1.807, 2.05) is 49.4 Å². The minimum atomic E-state index is -4.70. The highest BCUT2D eigenvalue weighted by molar-refractivity contribution is 7.98. The molecule has 0 aliphatic carbocycles. The van der Waals surface area contributed by atoms with Crippen molar-refractivity contribution < 1.29 is 23.1 Å². The Labute approximate surface area is 203 Å². The average Bonchev–Trinajstić information content (AvgIpc) is 2.98. The Morgan fingerprint density at radius 1 is 1.09 bits per heavy atom. The third-order valence-corrected chi connectivity index (χ3v) is 7.75. The summed E-state index contributed by atoms with van der Waals surface area (Å²) in [4.78, 5) is 27.1. The van der Waals surface area contributed by atoms with Crippen molar-refractivity contribution >= 4 is 17.7 Å². The number of nitrogens with zero attached hydrogens (tertiary/aromatic N) is 3. The fourth-order valence-corrected chi connectivity index (χ4v) is 5.84. The molecule has 0 radical (unpaired) electrons. The maximum atomic E-state index is 13.8. The Kier molecular flexibility index (Phi) is 5.58. The zero-order chi connectivity index (χ0) is 25.1. The van der Waals surface area contributed by atoms with Gasteiger partial charge in [-0.25, -0.2) is 0 Å². The second-order valence-corrected chi connectivity index (χ2v) is 9.69. The summed E-state index contributed by atoms with van der Waals surface area (Å²) in [6.45, 7) is 2.45. The number of halogens is 3. The van der Waals surface area contributed by atoms with Crippen molar-refractivity contribution in [2.45, 2.75) is 42.8 Å². The van der Waals surface area contributed by atoms with Crippen LogP contribution in [-0.4, -0.2) is 39.5 Å².